The second-order valence-electron chi connectivity index (χ2n) is 7.13. The third-order valence-corrected chi connectivity index (χ3v) is 4.43. The standard InChI is InChI=1S/C19H40N4O2.HI/c1-5-6-11-24-12-7-8-21-19(20-4)22-16-18(15-17(2)3)23-9-13-25-14-10-23;/h17-18H,5-16H2,1-4H3,(H2,20,21,22);1H. The summed E-state index contributed by atoms with van der Waals surface area (Å²) in [6.45, 7) is 14.0. The van der Waals surface area contributed by atoms with Crippen molar-refractivity contribution in [2.45, 2.75) is 52.5 Å². The van der Waals surface area contributed by atoms with Crippen LogP contribution in [0.3, 0.4) is 0 Å². The summed E-state index contributed by atoms with van der Waals surface area (Å²) in [5, 5.41) is 6.89. The summed E-state index contributed by atoms with van der Waals surface area (Å²) in [5.41, 5.74) is 0. The molecule has 2 N–H and O–H groups in total. The second-order valence-corrected chi connectivity index (χ2v) is 7.13. The number of nitrogens with zero attached hydrogens (tertiary/aromatic N) is 2. The van der Waals surface area contributed by atoms with E-state index in [1.54, 1.807) is 0 Å². The summed E-state index contributed by atoms with van der Waals surface area (Å²) < 4.78 is 11.1. The molecule has 0 aliphatic carbocycles. The summed E-state index contributed by atoms with van der Waals surface area (Å²) in [6, 6.07) is 0.528. The van der Waals surface area contributed by atoms with Gasteiger partial charge in [-0.1, -0.05) is 27.2 Å². The van der Waals surface area contributed by atoms with Gasteiger partial charge in [0.1, 0.15) is 0 Å². The van der Waals surface area contributed by atoms with Crippen LogP contribution in [-0.4, -0.2) is 76.6 Å². The fourth-order valence-corrected chi connectivity index (χ4v) is 3.01. The van der Waals surface area contributed by atoms with Crippen LogP contribution >= 0.6 is 24.0 Å². The number of nitrogens with one attached hydrogen (secondary N) is 2. The van der Waals surface area contributed by atoms with E-state index in [4.69, 9.17) is 9.47 Å². The number of ether oxygens (including phenoxy) is 2. The van der Waals surface area contributed by atoms with Crippen LogP contribution in [0, 0.1) is 5.92 Å². The molecule has 1 fully saturated rings. The molecular formula is C19H41IN4O2. The smallest absolute Gasteiger partial charge is 0.191 e. The van der Waals surface area contributed by atoms with E-state index < -0.39 is 0 Å². The molecule has 1 saturated heterocycles. The molecule has 7 heteroatoms. The molecule has 1 aliphatic heterocycles. The molecule has 0 bridgehead atoms. The maximum absolute atomic E-state index is 5.59. The van der Waals surface area contributed by atoms with Gasteiger partial charge in [0.15, 0.2) is 5.96 Å². The molecule has 6 nitrogen and oxygen atoms in total. The largest absolute Gasteiger partial charge is 0.381 e. The Morgan fingerprint density at radius 2 is 1.85 bits per heavy atom. The van der Waals surface area contributed by atoms with Crippen LogP contribution in [0.15, 0.2) is 4.99 Å². The summed E-state index contributed by atoms with van der Waals surface area (Å²) >= 11 is 0. The lowest BCUT2D eigenvalue weighted by molar-refractivity contribution is 0.0132. The van der Waals surface area contributed by atoms with Crippen LogP contribution in [0.4, 0.5) is 0 Å². The predicted molar refractivity (Wildman–Crippen MR) is 121 cm³/mol. The Hall–Kier alpha value is -0.120. The van der Waals surface area contributed by atoms with Crippen LogP contribution in [0.2, 0.25) is 0 Å². The average molecular weight is 484 g/mol. The molecule has 0 aromatic rings. The van der Waals surface area contributed by atoms with Crippen LogP contribution < -0.4 is 10.6 Å². The third-order valence-electron chi connectivity index (χ3n) is 4.43. The first-order valence-electron chi connectivity index (χ1n) is 10.0. The summed E-state index contributed by atoms with van der Waals surface area (Å²) in [7, 11) is 1.83. The van der Waals surface area contributed by atoms with E-state index in [0.29, 0.717) is 12.0 Å². The first-order chi connectivity index (χ1) is 12.2. The Labute approximate surface area is 177 Å². The van der Waals surface area contributed by atoms with E-state index in [1.807, 2.05) is 7.05 Å². The molecule has 1 atom stereocenters. The summed E-state index contributed by atoms with van der Waals surface area (Å²) in [4.78, 5) is 6.89. The quantitative estimate of drug-likeness (QED) is 0.193. The van der Waals surface area contributed by atoms with Gasteiger partial charge in [-0.15, -0.1) is 24.0 Å². The van der Waals surface area contributed by atoms with E-state index >= 15 is 0 Å². The second kappa shape index (κ2) is 17.0. The molecule has 0 spiro atoms. The van der Waals surface area contributed by atoms with Gasteiger partial charge in [0.05, 0.1) is 13.2 Å². The summed E-state index contributed by atoms with van der Waals surface area (Å²) in [5.74, 6) is 1.57. The Balaban J connectivity index is 0.00000625. The highest BCUT2D eigenvalue weighted by Gasteiger charge is 2.22. The molecule has 0 aromatic heterocycles. The lowest BCUT2D eigenvalue weighted by atomic mass is 10.0. The van der Waals surface area contributed by atoms with Crippen LogP contribution in [0.5, 0.6) is 0 Å². The van der Waals surface area contributed by atoms with Gasteiger partial charge < -0.3 is 20.1 Å². The number of hydrogen-bond acceptors (Lipinski definition) is 4. The first-order valence-corrected chi connectivity index (χ1v) is 10.0. The van der Waals surface area contributed by atoms with Crippen molar-refractivity contribution in [3.05, 3.63) is 0 Å². The molecule has 1 heterocycles. The Morgan fingerprint density at radius 3 is 2.46 bits per heavy atom. The number of hydrogen-bond donors (Lipinski definition) is 2. The number of morpholine rings is 1. The zero-order valence-electron chi connectivity index (χ0n) is 17.3. The van der Waals surface area contributed by atoms with E-state index in [-0.39, 0.29) is 24.0 Å². The monoisotopic (exact) mass is 484 g/mol. The number of halogens is 1. The van der Waals surface area contributed by atoms with Crippen molar-refractivity contribution in [2.24, 2.45) is 10.9 Å². The maximum Gasteiger partial charge on any atom is 0.191 e. The zero-order chi connectivity index (χ0) is 18.3. The highest BCUT2D eigenvalue weighted by molar-refractivity contribution is 14.0. The SMILES string of the molecule is CCCCOCCCNC(=NC)NCC(CC(C)C)N1CCOCC1.I. The minimum Gasteiger partial charge on any atom is -0.381 e. The lowest BCUT2D eigenvalue weighted by Gasteiger charge is -2.35. The molecule has 0 amide bonds. The average Bonchev–Trinajstić information content (AvgIpc) is 2.62. The van der Waals surface area contributed by atoms with E-state index in [0.717, 1.165) is 71.4 Å². The number of guanidine groups is 1. The number of unbranched alkanes of at least 4 members (excludes halogenated alkanes) is 1. The topological polar surface area (TPSA) is 58.1 Å². The van der Waals surface area contributed by atoms with Gasteiger partial charge in [-0.3, -0.25) is 9.89 Å². The highest BCUT2D eigenvalue weighted by Crippen LogP contribution is 2.12. The van der Waals surface area contributed by atoms with Crippen molar-refractivity contribution >= 4 is 29.9 Å². The molecule has 156 valence electrons. The van der Waals surface area contributed by atoms with Gasteiger partial charge in [-0.05, 0) is 25.2 Å². The highest BCUT2D eigenvalue weighted by atomic mass is 127. The summed E-state index contributed by atoms with van der Waals surface area (Å²) in [6.07, 6.45) is 4.53. The molecule has 1 rings (SSSR count). The minimum atomic E-state index is 0. The van der Waals surface area contributed by atoms with Gasteiger partial charge in [0.2, 0.25) is 0 Å². The van der Waals surface area contributed by atoms with E-state index in [9.17, 15) is 0 Å². The van der Waals surface area contributed by atoms with Crippen molar-refractivity contribution < 1.29 is 9.47 Å². The van der Waals surface area contributed by atoms with Gasteiger partial charge >= 0.3 is 0 Å². The van der Waals surface area contributed by atoms with Gasteiger partial charge in [0, 0.05) is 52.5 Å². The van der Waals surface area contributed by atoms with Crippen molar-refractivity contribution in [1.29, 1.82) is 0 Å². The van der Waals surface area contributed by atoms with E-state index in [2.05, 4.69) is 41.3 Å². The number of aliphatic imine (C=N–C) groups is 1. The minimum absolute atomic E-state index is 0. The van der Waals surface area contributed by atoms with Crippen LogP contribution in [0.25, 0.3) is 0 Å². The first kappa shape index (κ1) is 25.9. The molecule has 0 aromatic carbocycles. The molecule has 0 radical (unpaired) electrons. The van der Waals surface area contributed by atoms with Crippen molar-refractivity contribution in [2.75, 3.05) is 59.7 Å². The Morgan fingerprint density at radius 1 is 1.15 bits per heavy atom. The normalized spacial score (nSPS) is 17.0. The van der Waals surface area contributed by atoms with Crippen molar-refractivity contribution in [3.8, 4) is 0 Å². The molecule has 0 saturated carbocycles. The van der Waals surface area contributed by atoms with Crippen LogP contribution in [-0.2, 0) is 9.47 Å². The number of rotatable bonds is 12. The molecular weight excluding hydrogens is 443 g/mol. The molecule has 1 aliphatic rings. The van der Waals surface area contributed by atoms with E-state index in [1.165, 1.54) is 12.8 Å². The van der Waals surface area contributed by atoms with Gasteiger partial charge in [0.25, 0.3) is 0 Å². The molecule has 1 unspecified atom stereocenters. The Kier molecular flexibility index (Phi) is 16.9. The van der Waals surface area contributed by atoms with Crippen molar-refractivity contribution in [3.63, 3.8) is 0 Å². The predicted octanol–water partition coefficient (Wildman–Crippen LogP) is 2.72. The molecule has 26 heavy (non-hydrogen) atoms. The van der Waals surface area contributed by atoms with Gasteiger partial charge in [-0.2, -0.15) is 0 Å². The fourth-order valence-electron chi connectivity index (χ4n) is 3.01. The van der Waals surface area contributed by atoms with Crippen molar-refractivity contribution in [1.82, 2.24) is 15.5 Å². The van der Waals surface area contributed by atoms with Gasteiger partial charge in [-0.25, -0.2) is 0 Å². The zero-order valence-corrected chi connectivity index (χ0v) is 19.6. The fraction of sp³-hybridized carbons (Fsp3) is 0.947. The third kappa shape index (κ3) is 12.3. The lowest BCUT2D eigenvalue weighted by Crippen LogP contribution is -2.51. The maximum atomic E-state index is 5.59. The Bertz CT molecular complexity index is 350. The van der Waals surface area contributed by atoms with Crippen LogP contribution in [0.1, 0.15) is 46.5 Å².